The van der Waals surface area contributed by atoms with E-state index in [9.17, 15) is 9.18 Å². The molecule has 2 rings (SSSR count). The number of hydrogen-bond acceptors (Lipinski definition) is 3. The molecule has 0 N–H and O–H groups in total. The zero-order chi connectivity index (χ0) is 12.3. The molecule has 0 bridgehead atoms. The molecule has 1 saturated carbocycles. The van der Waals surface area contributed by atoms with Crippen LogP contribution in [-0.2, 0) is 4.74 Å². The lowest BCUT2D eigenvalue weighted by Gasteiger charge is -2.07. The first-order valence-corrected chi connectivity index (χ1v) is 5.80. The SMILES string of the molecule is CCOC(=O)c1ccc(OCC2CC2)cc1F. The van der Waals surface area contributed by atoms with E-state index in [4.69, 9.17) is 9.47 Å². The van der Waals surface area contributed by atoms with Crippen molar-refractivity contribution in [1.82, 2.24) is 0 Å². The number of benzene rings is 1. The van der Waals surface area contributed by atoms with Crippen LogP contribution in [0.2, 0.25) is 0 Å². The maximum absolute atomic E-state index is 13.6. The molecule has 0 amide bonds. The Morgan fingerprint density at radius 3 is 2.82 bits per heavy atom. The maximum atomic E-state index is 13.6. The van der Waals surface area contributed by atoms with Gasteiger partial charge in [-0.15, -0.1) is 0 Å². The highest BCUT2D eigenvalue weighted by atomic mass is 19.1. The van der Waals surface area contributed by atoms with Crippen LogP contribution in [-0.4, -0.2) is 19.2 Å². The highest BCUT2D eigenvalue weighted by Crippen LogP contribution is 2.29. The quantitative estimate of drug-likeness (QED) is 0.740. The van der Waals surface area contributed by atoms with Crippen LogP contribution in [0.15, 0.2) is 18.2 Å². The molecule has 0 aromatic heterocycles. The third-order valence-corrected chi connectivity index (χ3v) is 2.62. The first kappa shape index (κ1) is 11.9. The standard InChI is InChI=1S/C13H15FO3/c1-2-16-13(15)11-6-5-10(7-12(11)14)17-8-9-3-4-9/h5-7,9H,2-4,8H2,1H3. The zero-order valence-electron chi connectivity index (χ0n) is 9.74. The fourth-order valence-corrected chi connectivity index (χ4v) is 1.46. The van der Waals surface area contributed by atoms with Crippen molar-refractivity contribution in [3.63, 3.8) is 0 Å². The van der Waals surface area contributed by atoms with E-state index in [1.807, 2.05) is 0 Å². The van der Waals surface area contributed by atoms with Crippen LogP contribution >= 0.6 is 0 Å². The van der Waals surface area contributed by atoms with Crippen molar-refractivity contribution in [1.29, 1.82) is 0 Å². The van der Waals surface area contributed by atoms with Crippen molar-refractivity contribution in [2.24, 2.45) is 5.92 Å². The van der Waals surface area contributed by atoms with Crippen molar-refractivity contribution in [2.45, 2.75) is 19.8 Å². The first-order valence-electron chi connectivity index (χ1n) is 5.80. The van der Waals surface area contributed by atoms with Gasteiger partial charge in [0.25, 0.3) is 0 Å². The van der Waals surface area contributed by atoms with Crippen LogP contribution in [0.4, 0.5) is 4.39 Å². The smallest absolute Gasteiger partial charge is 0.341 e. The number of halogens is 1. The summed E-state index contributed by atoms with van der Waals surface area (Å²) in [6.07, 6.45) is 2.37. The molecular weight excluding hydrogens is 223 g/mol. The lowest BCUT2D eigenvalue weighted by Crippen LogP contribution is -2.07. The van der Waals surface area contributed by atoms with Crippen LogP contribution in [0.1, 0.15) is 30.1 Å². The Morgan fingerprint density at radius 2 is 2.24 bits per heavy atom. The van der Waals surface area contributed by atoms with Gasteiger partial charge in [0.2, 0.25) is 0 Å². The van der Waals surface area contributed by atoms with E-state index >= 15 is 0 Å². The Morgan fingerprint density at radius 1 is 1.47 bits per heavy atom. The summed E-state index contributed by atoms with van der Waals surface area (Å²) in [6, 6.07) is 4.22. The third-order valence-electron chi connectivity index (χ3n) is 2.62. The lowest BCUT2D eigenvalue weighted by molar-refractivity contribution is 0.0521. The fraction of sp³-hybridized carbons (Fsp3) is 0.462. The summed E-state index contributed by atoms with van der Waals surface area (Å²) in [7, 11) is 0. The summed E-state index contributed by atoms with van der Waals surface area (Å²) in [4.78, 5) is 11.3. The molecule has 1 aliphatic rings. The normalized spacial score (nSPS) is 14.5. The summed E-state index contributed by atoms with van der Waals surface area (Å²) in [5.74, 6) is -0.166. The van der Waals surface area contributed by atoms with Gasteiger partial charge >= 0.3 is 5.97 Å². The van der Waals surface area contributed by atoms with E-state index in [1.54, 1.807) is 13.0 Å². The summed E-state index contributed by atoms with van der Waals surface area (Å²) in [5.41, 5.74) is -0.0504. The van der Waals surface area contributed by atoms with Gasteiger partial charge in [0.1, 0.15) is 11.6 Å². The summed E-state index contributed by atoms with van der Waals surface area (Å²) < 4.78 is 23.7. The average Bonchev–Trinajstić information content (AvgIpc) is 3.10. The molecule has 0 heterocycles. The van der Waals surface area contributed by atoms with Gasteiger partial charge in [-0.3, -0.25) is 0 Å². The van der Waals surface area contributed by atoms with E-state index in [1.165, 1.54) is 25.0 Å². The second-order valence-electron chi connectivity index (χ2n) is 4.12. The van der Waals surface area contributed by atoms with Gasteiger partial charge in [0.05, 0.1) is 18.8 Å². The van der Waals surface area contributed by atoms with Gasteiger partial charge < -0.3 is 9.47 Å². The predicted octanol–water partition coefficient (Wildman–Crippen LogP) is 2.79. The number of esters is 1. The zero-order valence-corrected chi connectivity index (χ0v) is 9.74. The Labute approximate surface area is 99.5 Å². The first-order chi connectivity index (χ1) is 8.20. The summed E-state index contributed by atoms with van der Waals surface area (Å²) >= 11 is 0. The molecule has 0 atom stereocenters. The Balaban J connectivity index is 2.01. The number of rotatable bonds is 5. The average molecular weight is 238 g/mol. The second-order valence-corrected chi connectivity index (χ2v) is 4.12. The molecule has 0 spiro atoms. The minimum absolute atomic E-state index is 0.0504. The monoisotopic (exact) mass is 238 g/mol. The minimum Gasteiger partial charge on any atom is -0.493 e. The molecule has 4 heteroatoms. The number of ether oxygens (including phenoxy) is 2. The summed E-state index contributed by atoms with van der Waals surface area (Å²) in [5, 5.41) is 0. The Bertz CT molecular complexity index is 413. The van der Waals surface area contributed by atoms with Crippen LogP contribution < -0.4 is 4.74 Å². The van der Waals surface area contributed by atoms with Crippen molar-refractivity contribution in [2.75, 3.05) is 13.2 Å². The molecule has 0 aliphatic heterocycles. The minimum atomic E-state index is -0.640. The van der Waals surface area contributed by atoms with Crippen molar-refractivity contribution in [3.8, 4) is 5.75 Å². The number of carbonyl (C=O) groups is 1. The maximum Gasteiger partial charge on any atom is 0.341 e. The van der Waals surface area contributed by atoms with Crippen LogP contribution in [0.5, 0.6) is 5.75 Å². The van der Waals surface area contributed by atoms with Gasteiger partial charge in [-0.05, 0) is 37.8 Å². The molecule has 0 radical (unpaired) electrons. The van der Waals surface area contributed by atoms with Crippen molar-refractivity contribution >= 4 is 5.97 Å². The molecule has 1 aliphatic carbocycles. The molecule has 1 aromatic rings. The molecule has 92 valence electrons. The van der Waals surface area contributed by atoms with E-state index in [0.717, 1.165) is 0 Å². The Kier molecular flexibility index (Phi) is 3.61. The van der Waals surface area contributed by atoms with Gasteiger partial charge in [-0.2, -0.15) is 0 Å². The summed E-state index contributed by atoms with van der Waals surface area (Å²) in [6.45, 7) is 2.54. The second kappa shape index (κ2) is 5.17. The lowest BCUT2D eigenvalue weighted by atomic mass is 10.2. The topological polar surface area (TPSA) is 35.5 Å². The molecule has 1 aromatic carbocycles. The molecular formula is C13H15FO3. The molecule has 0 saturated heterocycles. The van der Waals surface area contributed by atoms with Crippen molar-refractivity contribution in [3.05, 3.63) is 29.6 Å². The van der Waals surface area contributed by atoms with Gasteiger partial charge in [0.15, 0.2) is 0 Å². The largest absolute Gasteiger partial charge is 0.493 e. The third kappa shape index (κ3) is 3.19. The van der Waals surface area contributed by atoms with Gasteiger partial charge in [-0.1, -0.05) is 0 Å². The van der Waals surface area contributed by atoms with E-state index in [0.29, 0.717) is 18.3 Å². The highest BCUT2D eigenvalue weighted by Gasteiger charge is 2.22. The van der Waals surface area contributed by atoms with E-state index in [2.05, 4.69) is 0 Å². The van der Waals surface area contributed by atoms with Crippen LogP contribution in [0, 0.1) is 11.7 Å². The number of carbonyl (C=O) groups excluding carboxylic acids is 1. The highest BCUT2D eigenvalue weighted by molar-refractivity contribution is 5.89. The molecule has 3 nitrogen and oxygen atoms in total. The van der Waals surface area contributed by atoms with Gasteiger partial charge in [-0.25, -0.2) is 9.18 Å². The molecule has 17 heavy (non-hydrogen) atoms. The van der Waals surface area contributed by atoms with Crippen LogP contribution in [0.25, 0.3) is 0 Å². The fourth-order valence-electron chi connectivity index (χ4n) is 1.46. The number of hydrogen-bond donors (Lipinski definition) is 0. The van der Waals surface area contributed by atoms with E-state index < -0.39 is 11.8 Å². The predicted molar refractivity (Wildman–Crippen MR) is 60.6 cm³/mol. The van der Waals surface area contributed by atoms with Crippen LogP contribution in [0.3, 0.4) is 0 Å². The van der Waals surface area contributed by atoms with Crippen molar-refractivity contribution < 1.29 is 18.7 Å². The van der Waals surface area contributed by atoms with E-state index in [-0.39, 0.29) is 12.2 Å². The molecule has 1 fully saturated rings. The van der Waals surface area contributed by atoms with Gasteiger partial charge in [0, 0.05) is 6.07 Å². The molecule has 0 unspecified atom stereocenters. The Hall–Kier alpha value is -1.58.